The largest absolute Gasteiger partial charge is 0.485 e. The predicted octanol–water partition coefficient (Wildman–Crippen LogP) is 4.28. The summed E-state index contributed by atoms with van der Waals surface area (Å²) >= 11 is 0. The van der Waals surface area contributed by atoms with Gasteiger partial charge in [0.25, 0.3) is 0 Å². The van der Waals surface area contributed by atoms with Crippen molar-refractivity contribution in [1.82, 2.24) is 4.90 Å². The highest BCUT2D eigenvalue weighted by Gasteiger charge is 2.23. The number of nitrogens with zero attached hydrogens (tertiary/aromatic N) is 1. The van der Waals surface area contributed by atoms with E-state index in [1.807, 2.05) is 24.3 Å². The predicted molar refractivity (Wildman–Crippen MR) is 107 cm³/mol. The number of carboxylic acids is 1. The zero-order valence-corrected chi connectivity index (χ0v) is 16.0. The van der Waals surface area contributed by atoms with Gasteiger partial charge in [-0.25, -0.2) is 0 Å². The minimum atomic E-state index is -0.682. The molecule has 5 nitrogen and oxygen atoms in total. The van der Waals surface area contributed by atoms with E-state index in [9.17, 15) is 4.79 Å². The number of benzene rings is 2. The second kappa shape index (κ2) is 8.65. The molecule has 1 unspecified atom stereocenters. The number of carboxylic acid groups (broad SMARTS) is 1. The molecule has 0 amide bonds. The smallest absolute Gasteiger partial charge is 0.303 e. The molecule has 0 spiro atoms. The summed E-state index contributed by atoms with van der Waals surface area (Å²) in [7, 11) is 0. The van der Waals surface area contributed by atoms with Gasteiger partial charge in [0.15, 0.2) is 17.6 Å². The summed E-state index contributed by atoms with van der Waals surface area (Å²) in [6.07, 6.45) is 3.22. The fourth-order valence-electron chi connectivity index (χ4n) is 4.04. The van der Waals surface area contributed by atoms with Gasteiger partial charge >= 0.3 is 5.97 Å². The highest BCUT2D eigenvalue weighted by Crippen LogP contribution is 2.35. The van der Waals surface area contributed by atoms with Gasteiger partial charge in [-0.05, 0) is 61.5 Å². The van der Waals surface area contributed by atoms with Crippen LogP contribution in [0.25, 0.3) is 0 Å². The van der Waals surface area contributed by atoms with Gasteiger partial charge in [-0.2, -0.15) is 0 Å². The van der Waals surface area contributed by atoms with Crippen LogP contribution in [0.4, 0.5) is 0 Å². The molecule has 2 aromatic rings. The van der Waals surface area contributed by atoms with E-state index in [-0.39, 0.29) is 6.10 Å². The normalized spacial score (nSPS) is 20.1. The van der Waals surface area contributed by atoms with Gasteiger partial charge in [0.2, 0.25) is 0 Å². The maximum Gasteiger partial charge on any atom is 0.303 e. The maximum absolute atomic E-state index is 10.7. The molecule has 4 rings (SSSR count). The van der Waals surface area contributed by atoms with Gasteiger partial charge in [-0.1, -0.05) is 36.4 Å². The van der Waals surface area contributed by atoms with Crippen LogP contribution in [0.1, 0.15) is 42.9 Å². The molecule has 0 bridgehead atoms. The lowest BCUT2D eigenvalue weighted by Crippen LogP contribution is -2.33. The Bertz CT molecular complexity index is 797. The summed E-state index contributed by atoms with van der Waals surface area (Å²) in [5, 5.41) is 8.83. The Labute approximate surface area is 165 Å². The Morgan fingerprint density at radius 3 is 2.46 bits per heavy atom. The van der Waals surface area contributed by atoms with Gasteiger partial charge in [-0.15, -0.1) is 0 Å². The molecule has 148 valence electrons. The minimum absolute atomic E-state index is 0.0751. The fraction of sp³-hybridized carbons (Fsp3) is 0.435. The topological polar surface area (TPSA) is 59.0 Å². The number of piperidine rings is 1. The Hall–Kier alpha value is -2.53. The van der Waals surface area contributed by atoms with Gasteiger partial charge < -0.3 is 14.6 Å². The first-order valence-corrected chi connectivity index (χ1v) is 10.1. The van der Waals surface area contributed by atoms with Gasteiger partial charge in [-0.3, -0.25) is 9.69 Å². The van der Waals surface area contributed by atoms with Crippen molar-refractivity contribution in [3.8, 4) is 11.5 Å². The van der Waals surface area contributed by atoms with E-state index in [0.717, 1.165) is 56.0 Å². The first-order chi connectivity index (χ1) is 13.7. The number of ether oxygens (including phenoxy) is 2. The Morgan fingerprint density at radius 2 is 1.75 bits per heavy atom. The van der Waals surface area contributed by atoms with Crippen LogP contribution < -0.4 is 9.47 Å². The molecule has 1 atom stereocenters. The molecular weight excluding hydrogens is 354 g/mol. The van der Waals surface area contributed by atoms with Crippen LogP contribution in [0.5, 0.6) is 11.5 Å². The number of aliphatic carboxylic acids is 1. The molecule has 5 heteroatoms. The molecule has 2 aromatic carbocycles. The highest BCUT2D eigenvalue weighted by molar-refractivity contribution is 5.66. The summed E-state index contributed by atoms with van der Waals surface area (Å²) in [6, 6.07) is 16.4. The van der Waals surface area contributed by atoms with Crippen LogP contribution in [0.2, 0.25) is 0 Å². The Morgan fingerprint density at radius 1 is 1.04 bits per heavy atom. The Kier molecular flexibility index (Phi) is 5.81. The van der Waals surface area contributed by atoms with Crippen LogP contribution in [0.15, 0.2) is 48.5 Å². The summed E-state index contributed by atoms with van der Waals surface area (Å²) in [5.41, 5.74) is 2.43. The number of hydrogen-bond acceptors (Lipinski definition) is 4. The van der Waals surface area contributed by atoms with Crippen molar-refractivity contribution < 1.29 is 19.4 Å². The zero-order valence-electron chi connectivity index (χ0n) is 16.0. The summed E-state index contributed by atoms with van der Waals surface area (Å²) in [5.74, 6) is 1.48. The second-order valence-electron chi connectivity index (χ2n) is 7.76. The lowest BCUT2D eigenvalue weighted by atomic mass is 9.92. The molecule has 2 aliphatic rings. The zero-order chi connectivity index (χ0) is 19.3. The molecule has 2 aliphatic heterocycles. The van der Waals surface area contributed by atoms with Crippen molar-refractivity contribution >= 4 is 5.97 Å². The van der Waals surface area contributed by atoms with E-state index >= 15 is 0 Å². The average Bonchev–Trinajstić information content (AvgIpc) is 2.73. The number of likely N-dealkylation sites (tertiary alicyclic amines) is 1. The third kappa shape index (κ3) is 4.65. The number of carbonyl (C=O) groups is 1. The molecule has 1 N–H and O–H groups in total. The van der Waals surface area contributed by atoms with Crippen molar-refractivity contribution in [1.29, 1.82) is 0 Å². The van der Waals surface area contributed by atoms with Crippen LogP contribution in [-0.2, 0) is 11.3 Å². The molecule has 2 heterocycles. The molecule has 0 radical (unpaired) electrons. The Balaban J connectivity index is 1.28. The SMILES string of the molecule is O=C(O)CCC1CCN(Cc2ccc(C3COc4ccccc4O3)cc2)CC1. The van der Waals surface area contributed by atoms with E-state index in [1.54, 1.807) is 0 Å². The maximum atomic E-state index is 10.7. The minimum Gasteiger partial charge on any atom is -0.485 e. The summed E-state index contributed by atoms with van der Waals surface area (Å²) in [4.78, 5) is 13.2. The molecular formula is C23H27NO4. The van der Waals surface area contributed by atoms with Crippen LogP contribution in [0.3, 0.4) is 0 Å². The van der Waals surface area contributed by atoms with Crippen molar-refractivity contribution in [3.63, 3.8) is 0 Å². The van der Waals surface area contributed by atoms with Crippen LogP contribution in [-0.4, -0.2) is 35.7 Å². The molecule has 28 heavy (non-hydrogen) atoms. The summed E-state index contributed by atoms with van der Waals surface area (Å²) in [6.45, 7) is 3.56. The molecule has 0 aromatic heterocycles. The van der Waals surface area contributed by atoms with Crippen molar-refractivity contribution in [2.24, 2.45) is 5.92 Å². The van der Waals surface area contributed by atoms with E-state index < -0.39 is 5.97 Å². The van der Waals surface area contributed by atoms with E-state index in [1.165, 1.54) is 5.56 Å². The first kappa shape index (κ1) is 18.8. The van der Waals surface area contributed by atoms with E-state index in [4.69, 9.17) is 14.6 Å². The van der Waals surface area contributed by atoms with Crippen molar-refractivity contribution in [2.75, 3.05) is 19.7 Å². The molecule has 0 saturated carbocycles. The van der Waals surface area contributed by atoms with E-state index in [2.05, 4.69) is 29.2 Å². The quantitative estimate of drug-likeness (QED) is 0.809. The average molecular weight is 381 g/mol. The van der Waals surface area contributed by atoms with E-state index in [0.29, 0.717) is 18.9 Å². The number of fused-ring (bicyclic) bond motifs is 1. The van der Waals surface area contributed by atoms with Crippen LogP contribution in [0, 0.1) is 5.92 Å². The van der Waals surface area contributed by atoms with Gasteiger partial charge in [0.1, 0.15) is 6.61 Å². The molecule has 1 saturated heterocycles. The van der Waals surface area contributed by atoms with Crippen LogP contribution >= 0.6 is 0 Å². The molecule has 0 aliphatic carbocycles. The van der Waals surface area contributed by atoms with Gasteiger partial charge in [0, 0.05) is 13.0 Å². The van der Waals surface area contributed by atoms with Crippen molar-refractivity contribution in [2.45, 2.75) is 38.3 Å². The summed E-state index contributed by atoms with van der Waals surface area (Å²) < 4.78 is 11.9. The lowest BCUT2D eigenvalue weighted by Gasteiger charge is -2.32. The fourth-order valence-corrected chi connectivity index (χ4v) is 4.04. The monoisotopic (exact) mass is 381 g/mol. The standard InChI is InChI=1S/C23H27NO4/c25-23(26)10-7-17-11-13-24(14-12-17)15-18-5-8-19(9-6-18)22-16-27-20-3-1-2-4-21(20)28-22/h1-6,8-9,17,22H,7,10-16H2,(H,25,26). The number of rotatable bonds is 6. The van der Waals surface area contributed by atoms with Gasteiger partial charge in [0.05, 0.1) is 0 Å². The highest BCUT2D eigenvalue weighted by atomic mass is 16.6. The number of para-hydroxylation sites is 2. The third-order valence-electron chi connectivity index (χ3n) is 5.74. The lowest BCUT2D eigenvalue weighted by molar-refractivity contribution is -0.137. The second-order valence-corrected chi connectivity index (χ2v) is 7.76. The number of hydrogen-bond donors (Lipinski definition) is 1. The van der Waals surface area contributed by atoms with Crippen molar-refractivity contribution in [3.05, 3.63) is 59.7 Å². The third-order valence-corrected chi connectivity index (χ3v) is 5.74. The molecule has 1 fully saturated rings. The first-order valence-electron chi connectivity index (χ1n) is 10.1.